The molecule has 28 heavy (non-hydrogen) atoms. The SMILES string of the molecule is Cn1c(C(=O)N2CCC(c3cc4ncccc4[nH]3)CC2)cc2cc(F)ccc21. The van der Waals surface area contributed by atoms with Gasteiger partial charge in [-0.15, -0.1) is 0 Å². The number of aromatic nitrogens is 3. The molecule has 1 fully saturated rings. The summed E-state index contributed by atoms with van der Waals surface area (Å²) in [7, 11) is 1.86. The van der Waals surface area contributed by atoms with Crippen molar-refractivity contribution in [2.75, 3.05) is 13.1 Å². The molecule has 1 aliphatic heterocycles. The highest BCUT2D eigenvalue weighted by atomic mass is 19.1. The van der Waals surface area contributed by atoms with Crippen LogP contribution in [-0.2, 0) is 7.05 Å². The van der Waals surface area contributed by atoms with E-state index in [1.54, 1.807) is 18.3 Å². The molecule has 5 nitrogen and oxygen atoms in total. The number of nitrogens with one attached hydrogen (secondary N) is 1. The van der Waals surface area contributed by atoms with Crippen LogP contribution < -0.4 is 0 Å². The van der Waals surface area contributed by atoms with Crippen LogP contribution in [0, 0.1) is 5.82 Å². The number of aromatic amines is 1. The van der Waals surface area contributed by atoms with Crippen LogP contribution in [0.15, 0.2) is 48.7 Å². The van der Waals surface area contributed by atoms with E-state index in [0.717, 1.165) is 34.8 Å². The monoisotopic (exact) mass is 376 g/mol. The maximum atomic E-state index is 13.5. The van der Waals surface area contributed by atoms with Crippen molar-refractivity contribution in [3.05, 3.63) is 65.9 Å². The Bertz CT molecular complexity index is 1150. The van der Waals surface area contributed by atoms with E-state index >= 15 is 0 Å². The third-order valence-corrected chi connectivity index (χ3v) is 5.86. The number of H-pyrrole nitrogens is 1. The number of likely N-dealkylation sites (tertiary alicyclic amines) is 1. The molecule has 3 aromatic heterocycles. The van der Waals surface area contributed by atoms with Crippen molar-refractivity contribution in [1.82, 2.24) is 19.4 Å². The van der Waals surface area contributed by atoms with Gasteiger partial charge in [-0.25, -0.2) is 4.39 Å². The van der Waals surface area contributed by atoms with E-state index in [0.29, 0.717) is 24.7 Å². The van der Waals surface area contributed by atoms with Gasteiger partial charge in [0.2, 0.25) is 0 Å². The smallest absolute Gasteiger partial charge is 0.270 e. The van der Waals surface area contributed by atoms with Crippen molar-refractivity contribution >= 4 is 27.8 Å². The van der Waals surface area contributed by atoms with E-state index in [1.165, 1.54) is 17.8 Å². The zero-order valence-electron chi connectivity index (χ0n) is 15.7. The van der Waals surface area contributed by atoms with E-state index in [-0.39, 0.29) is 11.7 Å². The van der Waals surface area contributed by atoms with Gasteiger partial charge in [0.1, 0.15) is 11.5 Å². The summed E-state index contributed by atoms with van der Waals surface area (Å²) in [5, 5.41) is 0.756. The summed E-state index contributed by atoms with van der Waals surface area (Å²) in [4.78, 5) is 22.8. The van der Waals surface area contributed by atoms with Crippen LogP contribution in [-0.4, -0.2) is 38.4 Å². The van der Waals surface area contributed by atoms with Gasteiger partial charge < -0.3 is 14.5 Å². The van der Waals surface area contributed by atoms with Crippen molar-refractivity contribution in [3.63, 3.8) is 0 Å². The third kappa shape index (κ3) is 2.76. The maximum Gasteiger partial charge on any atom is 0.270 e. The number of aryl methyl sites for hydroxylation is 1. The Morgan fingerprint density at radius 1 is 1.18 bits per heavy atom. The quantitative estimate of drug-likeness (QED) is 0.570. The second kappa shape index (κ2) is 6.48. The predicted molar refractivity (Wildman–Crippen MR) is 107 cm³/mol. The van der Waals surface area contributed by atoms with Gasteiger partial charge in [0.05, 0.1) is 11.0 Å². The summed E-state index contributed by atoms with van der Waals surface area (Å²) in [6.45, 7) is 1.42. The van der Waals surface area contributed by atoms with Gasteiger partial charge >= 0.3 is 0 Å². The minimum absolute atomic E-state index is 0.0101. The maximum absolute atomic E-state index is 13.5. The molecule has 5 rings (SSSR count). The van der Waals surface area contributed by atoms with Crippen LogP contribution in [0.4, 0.5) is 4.39 Å². The number of carbonyl (C=O) groups is 1. The molecule has 1 aliphatic rings. The number of hydrogen-bond donors (Lipinski definition) is 1. The number of amides is 1. The average molecular weight is 376 g/mol. The molecule has 0 unspecified atom stereocenters. The van der Waals surface area contributed by atoms with Crippen LogP contribution in [0.1, 0.15) is 34.9 Å². The number of benzene rings is 1. The van der Waals surface area contributed by atoms with E-state index in [1.807, 2.05) is 28.6 Å². The standard InChI is InChI=1S/C22H21FN4O/c1-26-20-5-4-16(23)11-15(20)12-21(26)22(28)27-9-6-14(7-10-27)18-13-19-17(25-18)3-2-8-24-19/h2-5,8,11-14,25H,6-7,9-10H2,1H3. The molecular weight excluding hydrogens is 355 g/mol. The van der Waals surface area contributed by atoms with Crippen LogP contribution in [0.5, 0.6) is 0 Å². The van der Waals surface area contributed by atoms with Gasteiger partial charge in [-0.2, -0.15) is 0 Å². The first-order valence-corrected chi connectivity index (χ1v) is 9.58. The fourth-order valence-corrected chi connectivity index (χ4v) is 4.28. The first-order valence-electron chi connectivity index (χ1n) is 9.58. The van der Waals surface area contributed by atoms with Gasteiger partial charge in [0, 0.05) is 48.8 Å². The zero-order valence-corrected chi connectivity index (χ0v) is 15.7. The largest absolute Gasteiger partial charge is 0.357 e. The Kier molecular flexibility index (Phi) is 3.93. The van der Waals surface area contributed by atoms with Crippen LogP contribution >= 0.6 is 0 Å². The van der Waals surface area contributed by atoms with Gasteiger partial charge in [0.25, 0.3) is 5.91 Å². The molecule has 0 spiro atoms. The van der Waals surface area contributed by atoms with Crippen molar-refractivity contribution in [2.45, 2.75) is 18.8 Å². The molecule has 0 aliphatic carbocycles. The highest BCUT2D eigenvalue weighted by Crippen LogP contribution is 2.30. The summed E-state index contributed by atoms with van der Waals surface area (Å²) < 4.78 is 15.4. The average Bonchev–Trinajstić information content (AvgIpc) is 3.28. The Labute approximate surface area is 161 Å². The molecule has 1 aromatic carbocycles. The fourth-order valence-electron chi connectivity index (χ4n) is 4.28. The van der Waals surface area contributed by atoms with Crippen molar-refractivity contribution in [2.24, 2.45) is 7.05 Å². The van der Waals surface area contributed by atoms with Gasteiger partial charge in [0.15, 0.2) is 0 Å². The molecule has 142 valence electrons. The molecule has 0 saturated carbocycles. The van der Waals surface area contributed by atoms with Crippen LogP contribution in [0.2, 0.25) is 0 Å². The Hall–Kier alpha value is -3.15. The molecular formula is C22H21FN4O. The van der Waals surface area contributed by atoms with Crippen molar-refractivity contribution in [1.29, 1.82) is 0 Å². The summed E-state index contributed by atoms with van der Waals surface area (Å²) in [6, 6.07) is 12.5. The van der Waals surface area contributed by atoms with Gasteiger partial charge in [-0.05, 0) is 55.3 Å². The highest BCUT2D eigenvalue weighted by molar-refractivity contribution is 5.98. The van der Waals surface area contributed by atoms with E-state index in [4.69, 9.17) is 0 Å². The molecule has 4 heterocycles. The number of halogens is 1. The molecule has 6 heteroatoms. The summed E-state index contributed by atoms with van der Waals surface area (Å²) in [6.07, 6.45) is 3.63. The Morgan fingerprint density at radius 3 is 2.79 bits per heavy atom. The molecule has 0 bridgehead atoms. The minimum atomic E-state index is -0.286. The number of nitrogens with zero attached hydrogens (tertiary/aromatic N) is 3. The molecule has 1 N–H and O–H groups in total. The zero-order chi connectivity index (χ0) is 19.3. The Morgan fingerprint density at radius 2 is 2.00 bits per heavy atom. The van der Waals surface area contributed by atoms with Crippen molar-refractivity contribution in [3.8, 4) is 0 Å². The van der Waals surface area contributed by atoms with E-state index in [9.17, 15) is 9.18 Å². The highest BCUT2D eigenvalue weighted by Gasteiger charge is 2.27. The minimum Gasteiger partial charge on any atom is -0.357 e. The number of hydrogen-bond acceptors (Lipinski definition) is 2. The molecule has 0 radical (unpaired) electrons. The molecule has 0 atom stereocenters. The fraction of sp³-hybridized carbons (Fsp3) is 0.273. The number of pyridine rings is 1. The first-order chi connectivity index (χ1) is 13.6. The summed E-state index contributed by atoms with van der Waals surface area (Å²) >= 11 is 0. The topological polar surface area (TPSA) is 53.9 Å². The summed E-state index contributed by atoms with van der Waals surface area (Å²) in [5.41, 5.74) is 4.71. The lowest BCUT2D eigenvalue weighted by Crippen LogP contribution is -2.38. The predicted octanol–water partition coefficient (Wildman–Crippen LogP) is 4.21. The number of carbonyl (C=O) groups excluding carboxylic acids is 1. The lowest BCUT2D eigenvalue weighted by molar-refractivity contribution is 0.0703. The number of fused-ring (bicyclic) bond motifs is 2. The van der Waals surface area contributed by atoms with Gasteiger partial charge in [-0.3, -0.25) is 9.78 Å². The lowest BCUT2D eigenvalue weighted by atomic mass is 9.93. The number of rotatable bonds is 2. The second-order valence-corrected chi connectivity index (χ2v) is 7.52. The normalized spacial score (nSPS) is 15.6. The molecule has 1 amide bonds. The van der Waals surface area contributed by atoms with Gasteiger partial charge in [-0.1, -0.05) is 0 Å². The first kappa shape index (κ1) is 17.0. The van der Waals surface area contributed by atoms with Crippen LogP contribution in [0.3, 0.4) is 0 Å². The number of piperidine rings is 1. The Balaban J connectivity index is 1.34. The van der Waals surface area contributed by atoms with E-state index in [2.05, 4.69) is 16.0 Å². The van der Waals surface area contributed by atoms with Crippen LogP contribution in [0.25, 0.3) is 21.9 Å². The van der Waals surface area contributed by atoms with Crippen molar-refractivity contribution < 1.29 is 9.18 Å². The lowest BCUT2D eigenvalue weighted by Gasteiger charge is -2.31. The molecule has 1 saturated heterocycles. The second-order valence-electron chi connectivity index (χ2n) is 7.52. The molecule has 4 aromatic rings. The third-order valence-electron chi connectivity index (χ3n) is 5.86. The summed E-state index contributed by atoms with van der Waals surface area (Å²) in [5.74, 6) is 0.126. The van der Waals surface area contributed by atoms with E-state index < -0.39 is 0 Å².